The molecule has 1 aliphatic rings. The minimum atomic E-state index is -0.0145. The van der Waals surface area contributed by atoms with E-state index in [0.717, 1.165) is 31.7 Å². The van der Waals surface area contributed by atoms with E-state index in [9.17, 15) is 4.79 Å². The maximum atomic E-state index is 11.7. The molecule has 1 saturated heterocycles. The zero-order chi connectivity index (χ0) is 14.2. The Hall–Kier alpha value is -2.10. The Bertz CT molecular complexity index is 474. The quantitative estimate of drug-likeness (QED) is 0.675. The first kappa shape index (κ1) is 14.3. The van der Waals surface area contributed by atoms with E-state index in [2.05, 4.69) is 15.2 Å². The van der Waals surface area contributed by atoms with Gasteiger partial charge in [0.25, 0.3) is 0 Å². The number of anilines is 1. The van der Waals surface area contributed by atoms with E-state index in [4.69, 9.17) is 0 Å². The number of hydrogen-bond acceptors (Lipinski definition) is 3. The van der Waals surface area contributed by atoms with E-state index in [-0.39, 0.29) is 11.9 Å². The van der Waals surface area contributed by atoms with E-state index >= 15 is 0 Å². The summed E-state index contributed by atoms with van der Waals surface area (Å²) in [5, 5.41) is 3.04. The molecule has 0 saturated carbocycles. The third-order valence-electron chi connectivity index (χ3n) is 3.37. The minimum Gasteiger partial charge on any atom is -0.356 e. The van der Waals surface area contributed by atoms with E-state index in [1.165, 1.54) is 0 Å². The summed E-state index contributed by atoms with van der Waals surface area (Å²) in [6.07, 6.45) is 10.8. The first-order valence-electron chi connectivity index (χ1n) is 7.05. The fourth-order valence-corrected chi connectivity index (χ4v) is 2.30. The van der Waals surface area contributed by atoms with Gasteiger partial charge >= 0.3 is 0 Å². The third kappa shape index (κ3) is 4.23. The van der Waals surface area contributed by atoms with E-state index in [1.807, 2.05) is 43.5 Å². The molecule has 1 aromatic heterocycles. The van der Waals surface area contributed by atoms with Crippen LogP contribution in [0, 0.1) is 0 Å². The second-order valence-electron chi connectivity index (χ2n) is 4.84. The number of aromatic nitrogens is 1. The lowest BCUT2D eigenvalue weighted by Gasteiger charge is -2.32. The summed E-state index contributed by atoms with van der Waals surface area (Å²) in [5.41, 5.74) is 0. The maximum absolute atomic E-state index is 11.7. The van der Waals surface area contributed by atoms with Gasteiger partial charge in [0.15, 0.2) is 0 Å². The normalized spacial score (nSPS) is 16.9. The molecule has 0 spiro atoms. The van der Waals surface area contributed by atoms with E-state index in [0.29, 0.717) is 0 Å². The van der Waals surface area contributed by atoms with Gasteiger partial charge in [0.05, 0.1) is 0 Å². The van der Waals surface area contributed by atoms with Crippen molar-refractivity contribution in [3.63, 3.8) is 0 Å². The predicted octanol–water partition coefficient (Wildman–Crippen LogP) is 2.30. The average Bonchev–Trinajstić information content (AvgIpc) is 2.49. The van der Waals surface area contributed by atoms with Crippen LogP contribution < -0.4 is 10.2 Å². The third-order valence-corrected chi connectivity index (χ3v) is 3.37. The molecule has 4 heteroatoms. The molecule has 4 nitrogen and oxygen atoms in total. The highest BCUT2D eigenvalue weighted by molar-refractivity contribution is 5.88. The van der Waals surface area contributed by atoms with E-state index < -0.39 is 0 Å². The molecule has 1 N–H and O–H groups in total. The lowest BCUT2D eigenvalue weighted by molar-refractivity contribution is -0.117. The van der Waals surface area contributed by atoms with Crippen molar-refractivity contribution in [1.82, 2.24) is 10.3 Å². The Labute approximate surface area is 120 Å². The van der Waals surface area contributed by atoms with Crippen LogP contribution in [0.1, 0.15) is 19.8 Å². The molecule has 20 heavy (non-hydrogen) atoms. The number of carbonyl (C=O) groups is 1. The van der Waals surface area contributed by atoms with Gasteiger partial charge in [0.2, 0.25) is 5.91 Å². The van der Waals surface area contributed by atoms with Crippen LogP contribution in [0.2, 0.25) is 0 Å². The Balaban J connectivity index is 1.78. The van der Waals surface area contributed by atoms with Gasteiger partial charge in [0, 0.05) is 31.4 Å². The van der Waals surface area contributed by atoms with Crippen LogP contribution in [0.15, 0.2) is 48.7 Å². The van der Waals surface area contributed by atoms with Gasteiger partial charge in [-0.1, -0.05) is 24.3 Å². The first-order valence-corrected chi connectivity index (χ1v) is 7.05. The molecule has 2 heterocycles. The smallest absolute Gasteiger partial charge is 0.244 e. The van der Waals surface area contributed by atoms with Gasteiger partial charge in [0.1, 0.15) is 5.82 Å². The summed E-state index contributed by atoms with van der Waals surface area (Å²) in [7, 11) is 0. The summed E-state index contributed by atoms with van der Waals surface area (Å²) < 4.78 is 0. The molecule has 106 valence electrons. The standard InChI is InChI=1S/C16H21N3O/c1-2-3-4-8-16(20)18-14-9-12-19(13-10-14)15-7-5-6-11-17-15/h2-8,11,14H,9-10,12-13H2,1H3,(H,18,20). The molecule has 0 aromatic carbocycles. The number of nitrogens with zero attached hydrogens (tertiary/aromatic N) is 2. The van der Waals surface area contributed by atoms with Crippen LogP contribution in [0.25, 0.3) is 0 Å². The SMILES string of the molecule is CC=CC=CC(=O)NC1CCN(c2ccccn2)CC1. The highest BCUT2D eigenvalue weighted by atomic mass is 16.1. The van der Waals surface area contributed by atoms with Gasteiger partial charge in [-0.15, -0.1) is 0 Å². The molecular formula is C16H21N3O. The van der Waals surface area contributed by atoms with Crippen LogP contribution >= 0.6 is 0 Å². The number of allylic oxidation sites excluding steroid dienone is 3. The number of rotatable bonds is 4. The predicted molar refractivity (Wildman–Crippen MR) is 81.6 cm³/mol. The summed E-state index contributed by atoms with van der Waals surface area (Å²) in [5.74, 6) is 1.00. The Morgan fingerprint density at radius 3 is 2.80 bits per heavy atom. The van der Waals surface area contributed by atoms with Gasteiger partial charge in [-0.3, -0.25) is 4.79 Å². The Kier molecular flexibility index (Phi) is 5.35. The lowest BCUT2D eigenvalue weighted by atomic mass is 10.0. The van der Waals surface area contributed by atoms with Crippen molar-refractivity contribution in [2.75, 3.05) is 18.0 Å². The number of hydrogen-bond donors (Lipinski definition) is 1. The highest BCUT2D eigenvalue weighted by Gasteiger charge is 2.20. The zero-order valence-electron chi connectivity index (χ0n) is 11.8. The van der Waals surface area contributed by atoms with Gasteiger partial charge in [-0.25, -0.2) is 4.98 Å². The molecule has 1 amide bonds. The number of pyridine rings is 1. The second kappa shape index (κ2) is 7.48. The monoisotopic (exact) mass is 271 g/mol. The highest BCUT2D eigenvalue weighted by Crippen LogP contribution is 2.17. The topological polar surface area (TPSA) is 45.2 Å². The average molecular weight is 271 g/mol. The maximum Gasteiger partial charge on any atom is 0.244 e. The Morgan fingerprint density at radius 1 is 1.35 bits per heavy atom. The van der Waals surface area contributed by atoms with Crippen LogP contribution in [0.4, 0.5) is 5.82 Å². The van der Waals surface area contributed by atoms with Crippen LogP contribution in [0.3, 0.4) is 0 Å². The molecule has 1 fully saturated rings. The molecule has 2 rings (SSSR count). The van der Waals surface area contributed by atoms with Crippen molar-refractivity contribution >= 4 is 11.7 Å². The molecule has 0 aliphatic carbocycles. The summed E-state index contributed by atoms with van der Waals surface area (Å²) in [6.45, 7) is 3.79. The fraction of sp³-hybridized carbons (Fsp3) is 0.375. The number of piperidine rings is 1. The van der Waals surface area contributed by atoms with Crippen LogP contribution in [0.5, 0.6) is 0 Å². The molecule has 0 radical (unpaired) electrons. The molecule has 0 atom stereocenters. The number of nitrogens with one attached hydrogen (secondary N) is 1. The zero-order valence-corrected chi connectivity index (χ0v) is 11.8. The van der Waals surface area contributed by atoms with Crippen molar-refractivity contribution in [2.45, 2.75) is 25.8 Å². The summed E-state index contributed by atoms with van der Waals surface area (Å²) >= 11 is 0. The molecule has 0 bridgehead atoms. The lowest BCUT2D eigenvalue weighted by Crippen LogP contribution is -2.44. The number of carbonyl (C=O) groups excluding carboxylic acids is 1. The second-order valence-corrected chi connectivity index (χ2v) is 4.84. The van der Waals surface area contributed by atoms with Crippen LogP contribution in [-0.4, -0.2) is 30.0 Å². The van der Waals surface area contributed by atoms with Crippen molar-refractivity contribution in [2.24, 2.45) is 0 Å². The van der Waals surface area contributed by atoms with Crippen molar-refractivity contribution in [1.29, 1.82) is 0 Å². The molecule has 0 unspecified atom stereocenters. The van der Waals surface area contributed by atoms with Crippen molar-refractivity contribution < 1.29 is 4.79 Å². The first-order chi connectivity index (χ1) is 9.79. The molecule has 1 aromatic rings. The van der Waals surface area contributed by atoms with Gasteiger partial charge < -0.3 is 10.2 Å². The Morgan fingerprint density at radius 2 is 2.15 bits per heavy atom. The van der Waals surface area contributed by atoms with Gasteiger partial charge in [-0.05, 0) is 31.9 Å². The van der Waals surface area contributed by atoms with Crippen molar-refractivity contribution in [3.8, 4) is 0 Å². The van der Waals surface area contributed by atoms with Crippen LogP contribution in [-0.2, 0) is 4.79 Å². The van der Waals surface area contributed by atoms with Gasteiger partial charge in [-0.2, -0.15) is 0 Å². The minimum absolute atomic E-state index is 0.0145. The largest absolute Gasteiger partial charge is 0.356 e. The van der Waals surface area contributed by atoms with Crippen molar-refractivity contribution in [3.05, 3.63) is 48.7 Å². The molecular weight excluding hydrogens is 250 g/mol. The summed E-state index contributed by atoms with van der Waals surface area (Å²) in [6, 6.07) is 6.21. The number of amides is 1. The van der Waals surface area contributed by atoms with E-state index in [1.54, 1.807) is 12.2 Å². The summed E-state index contributed by atoms with van der Waals surface area (Å²) in [4.78, 5) is 18.3. The fourth-order valence-electron chi connectivity index (χ4n) is 2.30. The molecule has 1 aliphatic heterocycles.